The lowest BCUT2D eigenvalue weighted by atomic mass is 10.1. The first-order valence-electron chi connectivity index (χ1n) is 6.10. The van der Waals surface area contributed by atoms with E-state index in [1.54, 1.807) is 13.0 Å². The maximum absolute atomic E-state index is 13.6. The van der Waals surface area contributed by atoms with E-state index >= 15 is 0 Å². The van der Waals surface area contributed by atoms with Crippen LogP contribution in [0.15, 0.2) is 18.2 Å². The lowest BCUT2D eigenvalue weighted by molar-refractivity contribution is -0.124. The number of amides is 1. The maximum Gasteiger partial charge on any atom is 0.258 e. The van der Waals surface area contributed by atoms with Gasteiger partial charge in [0.25, 0.3) is 5.91 Å². The molecule has 4 nitrogen and oxygen atoms in total. The molecule has 0 aromatic heterocycles. The first kappa shape index (κ1) is 15.4. The molecule has 0 fully saturated rings. The molecule has 0 heterocycles. The van der Waals surface area contributed by atoms with Crippen LogP contribution in [0.4, 0.5) is 4.39 Å². The first-order chi connectivity index (χ1) is 8.69. The third-order valence-electron chi connectivity index (χ3n) is 2.31. The Balaban J connectivity index is 2.61. The van der Waals surface area contributed by atoms with Crippen molar-refractivity contribution >= 4 is 5.91 Å². The van der Waals surface area contributed by atoms with Gasteiger partial charge in [-0.1, -0.05) is 6.07 Å². The molecule has 1 rings (SSSR count). The van der Waals surface area contributed by atoms with Crippen LogP contribution in [0.3, 0.4) is 0 Å². The van der Waals surface area contributed by atoms with Crippen LogP contribution < -0.4 is 10.1 Å². The second-order valence-electron chi connectivity index (χ2n) is 5.45. The van der Waals surface area contributed by atoms with Gasteiger partial charge in [0.05, 0.1) is 6.10 Å². The molecule has 2 N–H and O–H groups in total. The number of rotatable bonds is 4. The molecule has 19 heavy (non-hydrogen) atoms. The van der Waals surface area contributed by atoms with E-state index in [9.17, 15) is 14.3 Å². The molecule has 5 heteroatoms. The molecule has 106 valence electrons. The molecule has 1 aromatic carbocycles. The Bertz CT molecular complexity index is 452. The zero-order valence-electron chi connectivity index (χ0n) is 11.7. The van der Waals surface area contributed by atoms with Gasteiger partial charge in [0.2, 0.25) is 0 Å². The van der Waals surface area contributed by atoms with Gasteiger partial charge in [-0.2, -0.15) is 0 Å². The van der Waals surface area contributed by atoms with Gasteiger partial charge >= 0.3 is 0 Å². The third-order valence-corrected chi connectivity index (χ3v) is 2.31. The number of halogens is 1. The Morgan fingerprint density at radius 1 is 1.47 bits per heavy atom. The van der Waals surface area contributed by atoms with Gasteiger partial charge in [-0.05, 0) is 45.4 Å². The highest BCUT2D eigenvalue weighted by Crippen LogP contribution is 2.21. The monoisotopic (exact) mass is 269 g/mol. The van der Waals surface area contributed by atoms with Crippen molar-refractivity contribution in [1.82, 2.24) is 5.32 Å². The fourth-order valence-corrected chi connectivity index (χ4v) is 1.49. The summed E-state index contributed by atoms with van der Waals surface area (Å²) < 4.78 is 18.7. The van der Waals surface area contributed by atoms with E-state index in [1.807, 2.05) is 20.8 Å². The van der Waals surface area contributed by atoms with Crippen LogP contribution in [0.25, 0.3) is 0 Å². The number of hydrogen-bond donors (Lipinski definition) is 2. The standard InChI is InChI=1S/C14H20FNO3/c1-9(17)10-5-6-12(11(15)7-10)19-8-13(18)16-14(2,3)4/h5-7,9,17H,8H2,1-4H3,(H,16,18)/t9-/m0/s1. The van der Waals surface area contributed by atoms with Crippen LogP contribution in [0.5, 0.6) is 5.75 Å². The average molecular weight is 269 g/mol. The normalized spacial score (nSPS) is 12.9. The number of hydrogen-bond acceptors (Lipinski definition) is 3. The van der Waals surface area contributed by atoms with Crippen LogP contribution in [-0.4, -0.2) is 23.2 Å². The quantitative estimate of drug-likeness (QED) is 0.880. The molecule has 0 aliphatic rings. The van der Waals surface area contributed by atoms with Crippen LogP contribution in [0.2, 0.25) is 0 Å². The lowest BCUT2D eigenvalue weighted by Crippen LogP contribution is -2.43. The summed E-state index contributed by atoms with van der Waals surface area (Å²) in [6, 6.07) is 4.16. The molecule has 1 atom stereocenters. The summed E-state index contributed by atoms with van der Waals surface area (Å²) in [5, 5.41) is 12.0. The topological polar surface area (TPSA) is 58.6 Å². The molecule has 0 bridgehead atoms. The zero-order valence-corrected chi connectivity index (χ0v) is 11.7. The molecule has 0 aliphatic heterocycles. The minimum absolute atomic E-state index is 0.00606. The summed E-state index contributed by atoms with van der Waals surface area (Å²) >= 11 is 0. The fourth-order valence-electron chi connectivity index (χ4n) is 1.49. The molecule has 1 amide bonds. The largest absolute Gasteiger partial charge is 0.481 e. The number of nitrogens with one attached hydrogen (secondary N) is 1. The smallest absolute Gasteiger partial charge is 0.258 e. The molecule has 0 aliphatic carbocycles. The van der Waals surface area contributed by atoms with Crippen molar-refractivity contribution in [2.24, 2.45) is 0 Å². The fraction of sp³-hybridized carbons (Fsp3) is 0.500. The SMILES string of the molecule is C[C@H](O)c1ccc(OCC(=O)NC(C)(C)C)c(F)c1. The first-order valence-corrected chi connectivity index (χ1v) is 6.10. The van der Waals surface area contributed by atoms with E-state index in [-0.39, 0.29) is 23.8 Å². The van der Waals surface area contributed by atoms with Crippen LogP contribution >= 0.6 is 0 Å². The highest BCUT2D eigenvalue weighted by atomic mass is 19.1. The molecule has 0 radical (unpaired) electrons. The predicted molar refractivity (Wildman–Crippen MR) is 70.4 cm³/mol. The molecular formula is C14H20FNO3. The number of carbonyl (C=O) groups is 1. The van der Waals surface area contributed by atoms with Crippen LogP contribution in [0, 0.1) is 5.82 Å². The van der Waals surface area contributed by atoms with Crippen LogP contribution in [-0.2, 0) is 4.79 Å². The number of benzene rings is 1. The van der Waals surface area contributed by atoms with Gasteiger partial charge in [0, 0.05) is 5.54 Å². The highest BCUT2D eigenvalue weighted by molar-refractivity contribution is 5.78. The number of ether oxygens (including phenoxy) is 1. The second-order valence-corrected chi connectivity index (χ2v) is 5.45. The van der Waals surface area contributed by atoms with Gasteiger partial charge < -0.3 is 15.2 Å². The zero-order chi connectivity index (χ0) is 14.6. The van der Waals surface area contributed by atoms with E-state index < -0.39 is 11.9 Å². The molecule has 0 unspecified atom stereocenters. The Kier molecular flexibility index (Phi) is 4.89. The van der Waals surface area contributed by atoms with Crippen molar-refractivity contribution in [2.75, 3.05) is 6.61 Å². The summed E-state index contributed by atoms with van der Waals surface area (Å²) in [4.78, 5) is 11.5. The minimum Gasteiger partial charge on any atom is -0.481 e. The summed E-state index contributed by atoms with van der Waals surface area (Å²) in [7, 11) is 0. The summed E-state index contributed by atoms with van der Waals surface area (Å²) in [6.07, 6.45) is -0.743. The molecule has 1 aromatic rings. The van der Waals surface area contributed by atoms with E-state index in [4.69, 9.17) is 4.74 Å². The predicted octanol–water partition coefficient (Wildman–Crippen LogP) is 2.17. The molecule has 0 spiro atoms. The Morgan fingerprint density at radius 3 is 2.58 bits per heavy atom. The third kappa shape index (κ3) is 5.26. The number of carbonyl (C=O) groups excluding carboxylic acids is 1. The summed E-state index contributed by atoms with van der Waals surface area (Å²) in [5.41, 5.74) is 0.110. The molecular weight excluding hydrogens is 249 g/mol. The number of aliphatic hydroxyl groups excluding tert-OH is 1. The van der Waals surface area contributed by atoms with Crippen molar-refractivity contribution < 1.29 is 19.0 Å². The lowest BCUT2D eigenvalue weighted by Gasteiger charge is -2.20. The van der Waals surface area contributed by atoms with Crippen molar-refractivity contribution in [2.45, 2.75) is 39.3 Å². The van der Waals surface area contributed by atoms with E-state index in [0.717, 1.165) is 0 Å². The van der Waals surface area contributed by atoms with Gasteiger partial charge in [-0.15, -0.1) is 0 Å². The molecule has 0 saturated carbocycles. The molecule has 0 saturated heterocycles. The van der Waals surface area contributed by atoms with Crippen LogP contribution in [0.1, 0.15) is 39.4 Å². The highest BCUT2D eigenvalue weighted by Gasteiger charge is 2.15. The summed E-state index contributed by atoms with van der Waals surface area (Å²) in [5.74, 6) is -0.915. The van der Waals surface area contributed by atoms with Crippen molar-refractivity contribution in [3.8, 4) is 5.75 Å². The van der Waals surface area contributed by atoms with Gasteiger partial charge in [0.1, 0.15) is 0 Å². The second kappa shape index (κ2) is 6.02. The van der Waals surface area contributed by atoms with E-state index in [0.29, 0.717) is 5.56 Å². The van der Waals surface area contributed by atoms with Crippen molar-refractivity contribution in [3.63, 3.8) is 0 Å². The Hall–Kier alpha value is -1.62. The average Bonchev–Trinajstić information content (AvgIpc) is 2.24. The van der Waals surface area contributed by atoms with Gasteiger partial charge in [-0.3, -0.25) is 4.79 Å². The van der Waals surface area contributed by atoms with E-state index in [1.165, 1.54) is 12.1 Å². The number of aliphatic hydroxyl groups is 1. The Labute approximate surface area is 112 Å². The van der Waals surface area contributed by atoms with Gasteiger partial charge in [0.15, 0.2) is 18.2 Å². The van der Waals surface area contributed by atoms with Gasteiger partial charge in [-0.25, -0.2) is 4.39 Å². The maximum atomic E-state index is 13.6. The van der Waals surface area contributed by atoms with Crippen molar-refractivity contribution in [3.05, 3.63) is 29.6 Å². The summed E-state index contributed by atoms with van der Waals surface area (Å²) in [6.45, 7) is 6.85. The Morgan fingerprint density at radius 2 is 2.11 bits per heavy atom. The minimum atomic E-state index is -0.743. The van der Waals surface area contributed by atoms with Crippen molar-refractivity contribution in [1.29, 1.82) is 0 Å². The van der Waals surface area contributed by atoms with E-state index in [2.05, 4.69) is 5.32 Å².